The Morgan fingerprint density at radius 3 is 2.31 bits per heavy atom. The van der Waals surface area contributed by atoms with Gasteiger partial charge in [0, 0.05) is 16.8 Å². The van der Waals surface area contributed by atoms with Crippen molar-refractivity contribution in [1.29, 1.82) is 0 Å². The molecule has 0 fully saturated rings. The molecule has 0 amide bonds. The molecule has 0 heterocycles. The maximum absolute atomic E-state index is 9.66. The number of para-hydroxylation sites is 1. The molecule has 4 heteroatoms. The van der Waals surface area contributed by atoms with Gasteiger partial charge in [0.1, 0.15) is 5.75 Å². The van der Waals surface area contributed by atoms with Crippen molar-refractivity contribution >= 4 is 5.69 Å². The number of rotatable bonds is 1. The van der Waals surface area contributed by atoms with E-state index in [0.717, 1.165) is 0 Å². The van der Waals surface area contributed by atoms with Crippen LogP contribution in [0.4, 0.5) is 5.69 Å². The fourth-order valence-electron chi connectivity index (χ4n) is 1.52. The van der Waals surface area contributed by atoms with Crippen molar-refractivity contribution in [3.8, 4) is 28.4 Å². The predicted octanol–water partition coefficient (Wildman–Crippen LogP) is 2.05. The lowest BCUT2D eigenvalue weighted by molar-refractivity contribution is 0.405. The van der Waals surface area contributed by atoms with Gasteiger partial charge in [0.25, 0.3) is 0 Å². The van der Waals surface area contributed by atoms with Gasteiger partial charge < -0.3 is 21.1 Å². The van der Waals surface area contributed by atoms with Gasteiger partial charge in [-0.1, -0.05) is 12.1 Å². The van der Waals surface area contributed by atoms with Gasteiger partial charge in [0.2, 0.25) is 0 Å². The Morgan fingerprint density at radius 2 is 1.56 bits per heavy atom. The third-order valence-electron chi connectivity index (χ3n) is 2.33. The van der Waals surface area contributed by atoms with Crippen LogP contribution in [0.5, 0.6) is 17.2 Å². The van der Waals surface area contributed by atoms with Crippen LogP contribution in [0.2, 0.25) is 0 Å². The average molecular weight is 217 g/mol. The fourth-order valence-corrected chi connectivity index (χ4v) is 1.52. The summed E-state index contributed by atoms with van der Waals surface area (Å²) in [6.07, 6.45) is 0. The standard InChI is InChI=1S/C12H11NO3/c13-7-4-5-10(14)9(6-7)8-2-1-3-11(15)12(8)16/h1-6,14-16H,13H2. The van der Waals surface area contributed by atoms with Gasteiger partial charge in [0.05, 0.1) is 0 Å². The summed E-state index contributed by atoms with van der Waals surface area (Å²) in [4.78, 5) is 0. The lowest BCUT2D eigenvalue weighted by Gasteiger charge is -2.08. The highest BCUT2D eigenvalue weighted by atomic mass is 16.3. The first-order chi connectivity index (χ1) is 7.59. The van der Waals surface area contributed by atoms with Gasteiger partial charge in [-0.05, 0) is 24.3 Å². The minimum atomic E-state index is -0.275. The minimum Gasteiger partial charge on any atom is -0.507 e. The smallest absolute Gasteiger partial charge is 0.165 e. The van der Waals surface area contributed by atoms with E-state index in [1.807, 2.05) is 0 Å². The summed E-state index contributed by atoms with van der Waals surface area (Å²) in [6, 6.07) is 9.05. The molecule has 2 aromatic rings. The zero-order chi connectivity index (χ0) is 11.7. The molecule has 0 bridgehead atoms. The number of nitrogen functional groups attached to an aromatic ring is 1. The molecule has 82 valence electrons. The van der Waals surface area contributed by atoms with Crippen LogP contribution in [0, 0.1) is 0 Å². The van der Waals surface area contributed by atoms with E-state index in [1.165, 1.54) is 18.2 Å². The number of benzene rings is 2. The van der Waals surface area contributed by atoms with Crippen LogP contribution in [-0.2, 0) is 0 Å². The van der Waals surface area contributed by atoms with Gasteiger partial charge in [-0.3, -0.25) is 0 Å². The van der Waals surface area contributed by atoms with Crippen molar-refractivity contribution in [2.24, 2.45) is 0 Å². The zero-order valence-corrected chi connectivity index (χ0v) is 8.38. The summed E-state index contributed by atoms with van der Waals surface area (Å²) in [5.41, 5.74) is 6.79. The van der Waals surface area contributed by atoms with Gasteiger partial charge in [-0.15, -0.1) is 0 Å². The van der Waals surface area contributed by atoms with E-state index in [1.54, 1.807) is 18.2 Å². The molecule has 0 atom stereocenters. The van der Waals surface area contributed by atoms with Crippen LogP contribution in [0.1, 0.15) is 0 Å². The van der Waals surface area contributed by atoms with Crippen molar-refractivity contribution in [2.45, 2.75) is 0 Å². The Kier molecular flexibility index (Phi) is 2.32. The van der Waals surface area contributed by atoms with E-state index < -0.39 is 0 Å². The minimum absolute atomic E-state index is 0.00454. The number of anilines is 1. The quantitative estimate of drug-likeness (QED) is 0.334. The summed E-state index contributed by atoms with van der Waals surface area (Å²) >= 11 is 0. The SMILES string of the molecule is Nc1ccc(O)c(-c2cccc(O)c2O)c1. The average Bonchev–Trinajstić information content (AvgIpc) is 2.26. The number of hydrogen-bond donors (Lipinski definition) is 4. The lowest BCUT2D eigenvalue weighted by Crippen LogP contribution is -1.87. The molecule has 0 aromatic heterocycles. The Hall–Kier alpha value is -2.36. The summed E-state index contributed by atoms with van der Waals surface area (Å²) in [5, 5.41) is 28.7. The summed E-state index contributed by atoms with van der Waals surface area (Å²) < 4.78 is 0. The van der Waals surface area contributed by atoms with Gasteiger partial charge in [0.15, 0.2) is 11.5 Å². The first-order valence-electron chi connectivity index (χ1n) is 4.69. The highest BCUT2D eigenvalue weighted by molar-refractivity contribution is 5.79. The maximum atomic E-state index is 9.66. The van der Waals surface area contributed by atoms with Crippen LogP contribution < -0.4 is 5.73 Å². The number of aromatic hydroxyl groups is 3. The maximum Gasteiger partial charge on any atom is 0.165 e. The highest BCUT2D eigenvalue weighted by Gasteiger charge is 2.11. The number of phenols is 3. The Labute approximate surface area is 92.2 Å². The molecule has 4 nitrogen and oxygen atoms in total. The molecule has 16 heavy (non-hydrogen) atoms. The first-order valence-corrected chi connectivity index (χ1v) is 4.69. The number of hydrogen-bond acceptors (Lipinski definition) is 4. The van der Waals surface area contributed by atoms with Crippen LogP contribution >= 0.6 is 0 Å². The Bertz CT molecular complexity index is 538. The topological polar surface area (TPSA) is 86.7 Å². The molecule has 0 radical (unpaired) electrons. The molecule has 2 aromatic carbocycles. The summed E-state index contributed by atoms with van der Waals surface area (Å²) in [6.45, 7) is 0. The molecule has 0 aliphatic carbocycles. The Morgan fingerprint density at radius 1 is 0.812 bits per heavy atom. The number of nitrogens with two attached hydrogens (primary N) is 1. The van der Waals surface area contributed by atoms with E-state index in [9.17, 15) is 15.3 Å². The second kappa shape index (κ2) is 3.66. The largest absolute Gasteiger partial charge is 0.507 e. The molecule has 0 spiro atoms. The van der Waals surface area contributed by atoms with Crippen molar-refractivity contribution in [2.75, 3.05) is 5.73 Å². The molecule has 0 saturated carbocycles. The van der Waals surface area contributed by atoms with E-state index in [4.69, 9.17) is 5.73 Å². The highest BCUT2D eigenvalue weighted by Crippen LogP contribution is 2.40. The van der Waals surface area contributed by atoms with Crippen LogP contribution in [-0.4, -0.2) is 15.3 Å². The van der Waals surface area contributed by atoms with E-state index in [0.29, 0.717) is 16.8 Å². The second-order valence-corrected chi connectivity index (χ2v) is 3.45. The molecule has 0 aliphatic heterocycles. The third kappa shape index (κ3) is 1.61. The predicted molar refractivity (Wildman–Crippen MR) is 61.3 cm³/mol. The van der Waals surface area contributed by atoms with Gasteiger partial charge in [-0.2, -0.15) is 0 Å². The molecular formula is C12H11NO3. The van der Waals surface area contributed by atoms with E-state index >= 15 is 0 Å². The first kappa shape index (κ1) is 10.2. The van der Waals surface area contributed by atoms with E-state index in [-0.39, 0.29) is 17.2 Å². The normalized spacial score (nSPS) is 10.2. The van der Waals surface area contributed by atoms with Gasteiger partial charge >= 0.3 is 0 Å². The molecule has 0 aliphatic rings. The third-order valence-corrected chi connectivity index (χ3v) is 2.33. The van der Waals surface area contributed by atoms with Crippen LogP contribution in [0.25, 0.3) is 11.1 Å². The Balaban J connectivity index is 2.67. The summed E-state index contributed by atoms with van der Waals surface area (Å²) in [7, 11) is 0. The fraction of sp³-hybridized carbons (Fsp3) is 0. The second-order valence-electron chi connectivity index (χ2n) is 3.45. The molecule has 0 saturated heterocycles. The monoisotopic (exact) mass is 217 g/mol. The van der Waals surface area contributed by atoms with Crippen molar-refractivity contribution in [1.82, 2.24) is 0 Å². The van der Waals surface area contributed by atoms with Crippen molar-refractivity contribution < 1.29 is 15.3 Å². The molecular weight excluding hydrogens is 206 g/mol. The molecule has 0 unspecified atom stereocenters. The van der Waals surface area contributed by atoms with Crippen molar-refractivity contribution in [3.63, 3.8) is 0 Å². The summed E-state index contributed by atoms with van der Waals surface area (Å²) in [5.74, 6) is -0.516. The number of phenolic OH excluding ortho intramolecular Hbond substituents is 3. The van der Waals surface area contributed by atoms with Crippen LogP contribution in [0.3, 0.4) is 0 Å². The zero-order valence-electron chi connectivity index (χ0n) is 8.38. The lowest BCUT2D eigenvalue weighted by atomic mass is 10.0. The van der Waals surface area contributed by atoms with Gasteiger partial charge in [-0.25, -0.2) is 0 Å². The van der Waals surface area contributed by atoms with Crippen LogP contribution in [0.15, 0.2) is 36.4 Å². The van der Waals surface area contributed by atoms with Crippen molar-refractivity contribution in [3.05, 3.63) is 36.4 Å². The molecule has 2 rings (SSSR count). The van der Waals surface area contributed by atoms with E-state index in [2.05, 4.69) is 0 Å². The molecule has 5 N–H and O–H groups in total.